The minimum Gasteiger partial charge on any atom is -0.324 e. The Hall–Kier alpha value is 0.160. The molecule has 2 rings (SSSR count). The van der Waals surface area contributed by atoms with Crippen molar-refractivity contribution in [3.05, 3.63) is 34.9 Å². The first-order valence-corrected chi connectivity index (χ1v) is 6.93. The molecule has 1 aromatic carbocycles. The maximum absolute atomic E-state index is 6.30. The molecule has 1 saturated heterocycles. The van der Waals surface area contributed by atoms with E-state index in [-0.39, 0.29) is 6.04 Å². The molecule has 1 heterocycles. The van der Waals surface area contributed by atoms with Crippen LogP contribution in [0.4, 0.5) is 0 Å². The van der Waals surface area contributed by atoms with Crippen molar-refractivity contribution in [2.75, 3.05) is 13.1 Å². The molecule has 0 saturated carbocycles. The summed E-state index contributed by atoms with van der Waals surface area (Å²) in [6.07, 6.45) is 2.37. The van der Waals surface area contributed by atoms with Crippen LogP contribution in [0.25, 0.3) is 0 Å². The van der Waals surface area contributed by atoms with Crippen molar-refractivity contribution in [2.45, 2.75) is 18.9 Å². The number of benzene rings is 1. The summed E-state index contributed by atoms with van der Waals surface area (Å²) < 4.78 is 2.34. The second-order valence-electron chi connectivity index (χ2n) is 4.32. The topological polar surface area (TPSA) is 29.3 Å². The van der Waals surface area contributed by atoms with Crippen LogP contribution in [0.3, 0.4) is 0 Å². The number of nitrogens with two attached hydrogens (primary N) is 1. The first-order valence-electron chi connectivity index (χ1n) is 5.58. The van der Waals surface area contributed by atoms with E-state index in [4.69, 9.17) is 17.3 Å². The van der Waals surface area contributed by atoms with Crippen LogP contribution in [0.2, 0.25) is 5.02 Å². The standard InChI is InChI=1S/C12H16ClIN2/c13-11-3-1-9(2-4-11)12(15)10-5-7-16(14)8-6-10/h1-4,10,12H,5-8,15H2. The summed E-state index contributed by atoms with van der Waals surface area (Å²) >= 11 is 8.26. The number of nitrogens with zero attached hydrogens (tertiary/aromatic N) is 1. The van der Waals surface area contributed by atoms with Gasteiger partial charge in [0.25, 0.3) is 0 Å². The highest BCUT2D eigenvalue weighted by Gasteiger charge is 2.24. The van der Waals surface area contributed by atoms with E-state index in [1.807, 2.05) is 24.3 Å². The molecule has 4 heteroatoms. The molecule has 1 aliphatic rings. The molecule has 88 valence electrons. The molecule has 2 N–H and O–H groups in total. The lowest BCUT2D eigenvalue weighted by Gasteiger charge is -2.31. The Morgan fingerprint density at radius 1 is 1.25 bits per heavy atom. The monoisotopic (exact) mass is 350 g/mol. The molecule has 1 atom stereocenters. The van der Waals surface area contributed by atoms with Crippen LogP contribution in [0.1, 0.15) is 24.4 Å². The molecule has 0 aliphatic carbocycles. The first kappa shape index (κ1) is 12.6. The van der Waals surface area contributed by atoms with E-state index < -0.39 is 0 Å². The van der Waals surface area contributed by atoms with Crippen molar-refractivity contribution >= 4 is 34.5 Å². The van der Waals surface area contributed by atoms with E-state index in [1.54, 1.807) is 0 Å². The van der Waals surface area contributed by atoms with Gasteiger partial charge in [0.15, 0.2) is 0 Å². The molecule has 1 aromatic rings. The van der Waals surface area contributed by atoms with Gasteiger partial charge in [-0.05, 0) is 36.5 Å². The summed E-state index contributed by atoms with van der Waals surface area (Å²) in [5.41, 5.74) is 7.51. The molecule has 1 unspecified atom stereocenters. The second kappa shape index (κ2) is 5.67. The summed E-state index contributed by atoms with van der Waals surface area (Å²) in [5, 5.41) is 0.776. The molecule has 2 nitrogen and oxygen atoms in total. The Kier molecular flexibility index (Phi) is 4.47. The SMILES string of the molecule is NC(c1ccc(Cl)cc1)C1CCN(I)CC1. The van der Waals surface area contributed by atoms with Crippen LogP contribution < -0.4 is 5.73 Å². The van der Waals surface area contributed by atoms with Gasteiger partial charge in [-0.25, -0.2) is 3.11 Å². The Balaban J connectivity index is 2.01. The zero-order valence-electron chi connectivity index (χ0n) is 9.07. The summed E-state index contributed by atoms with van der Waals surface area (Å²) in [6.45, 7) is 2.29. The zero-order valence-corrected chi connectivity index (χ0v) is 12.0. The molecular weight excluding hydrogens is 335 g/mol. The van der Waals surface area contributed by atoms with Crippen molar-refractivity contribution in [1.29, 1.82) is 0 Å². The fourth-order valence-electron chi connectivity index (χ4n) is 2.18. The predicted molar refractivity (Wildman–Crippen MR) is 76.7 cm³/mol. The number of hydrogen-bond acceptors (Lipinski definition) is 2. The average molecular weight is 351 g/mol. The maximum Gasteiger partial charge on any atom is 0.0406 e. The van der Waals surface area contributed by atoms with Crippen molar-refractivity contribution < 1.29 is 0 Å². The van der Waals surface area contributed by atoms with E-state index in [1.165, 1.54) is 18.4 Å². The Morgan fingerprint density at radius 2 is 1.81 bits per heavy atom. The molecule has 0 radical (unpaired) electrons. The highest BCUT2D eigenvalue weighted by Crippen LogP contribution is 2.30. The lowest BCUT2D eigenvalue weighted by molar-refractivity contribution is 0.272. The quantitative estimate of drug-likeness (QED) is 0.654. The predicted octanol–water partition coefficient (Wildman–Crippen LogP) is 3.40. The van der Waals surface area contributed by atoms with E-state index in [2.05, 4.69) is 26.0 Å². The smallest absolute Gasteiger partial charge is 0.0406 e. The van der Waals surface area contributed by atoms with Crippen molar-refractivity contribution in [3.63, 3.8) is 0 Å². The van der Waals surface area contributed by atoms with E-state index >= 15 is 0 Å². The third kappa shape index (κ3) is 3.09. The van der Waals surface area contributed by atoms with E-state index in [0.717, 1.165) is 18.1 Å². The number of rotatable bonds is 2. The van der Waals surface area contributed by atoms with Crippen LogP contribution in [0.5, 0.6) is 0 Å². The third-order valence-corrected chi connectivity index (χ3v) is 4.46. The Morgan fingerprint density at radius 3 is 2.38 bits per heavy atom. The number of hydrogen-bond donors (Lipinski definition) is 1. The Labute approximate surface area is 116 Å². The molecule has 0 aromatic heterocycles. The molecule has 1 aliphatic heterocycles. The van der Waals surface area contributed by atoms with Crippen molar-refractivity contribution in [1.82, 2.24) is 3.11 Å². The summed E-state index contributed by atoms with van der Waals surface area (Å²) in [4.78, 5) is 0. The normalized spacial score (nSPS) is 20.9. The van der Waals surface area contributed by atoms with Gasteiger partial charge < -0.3 is 5.73 Å². The van der Waals surface area contributed by atoms with Gasteiger partial charge in [-0.3, -0.25) is 0 Å². The molecule has 16 heavy (non-hydrogen) atoms. The zero-order chi connectivity index (χ0) is 11.5. The summed E-state index contributed by atoms with van der Waals surface area (Å²) in [7, 11) is 0. The minimum absolute atomic E-state index is 0.155. The van der Waals surface area contributed by atoms with Gasteiger partial charge in [-0.15, -0.1) is 0 Å². The van der Waals surface area contributed by atoms with Gasteiger partial charge in [-0.1, -0.05) is 23.7 Å². The van der Waals surface area contributed by atoms with Crippen LogP contribution in [-0.2, 0) is 0 Å². The van der Waals surface area contributed by atoms with Gasteiger partial charge >= 0.3 is 0 Å². The van der Waals surface area contributed by atoms with Crippen molar-refractivity contribution in [3.8, 4) is 0 Å². The lowest BCUT2D eigenvalue weighted by atomic mass is 9.87. The molecule has 0 amide bonds. The minimum atomic E-state index is 0.155. The number of halogens is 2. The Bertz CT molecular complexity index is 333. The highest BCUT2D eigenvalue weighted by atomic mass is 127. The lowest BCUT2D eigenvalue weighted by Crippen LogP contribution is -2.32. The van der Waals surface area contributed by atoms with Crippen molar-refractivity contribution in [2.24, 2.45) is 11.7 Å². The van der Waals surface area contributed by atoms with Crippen LogP contribution >= 0.6 is 34.5 Å². The van der Waals surface area contributed by atoms with Crippen LogP contribution in [0, 0.1) is 5.92 Å². The van der Waals surface area contributed by atoms with Crippen LogP contribution in [0.15, 0.2) is 24.3 Å². The highest BCUT2D eigenvalue weighted by molar-refractivity contribution is 14.1. The summed E-state index contributed by atoms with van der Waals surface area (Å²) in [5.74, 6) is 0.604. The molecule has 0 spiro atoms. The number of piperidine rings is 1. The summed E-state index contributed by atoms with van der Waals surface area (Å²) in [6, 6.07) is 8.09. The molecule has 1 fully saturated rings. The van der Waals surface area contributed by atoms with Gasteiger partial charge in [0.1, 0.15) is 0 Å². The van der Waals surface area contributed by atoms with Crippen LogP contribution in [-0.4, -0.2) is 16.2 Å². The van der Waals surface area contributed by atoms with Gasteiger partial charge in [-0.2, -0.15) is 0 Å². The fraction of sp³-hybridized carbons (Fsp3) is 0.500. The van der Waals surface area contributed by atoms with Gasteiger partial charge in [0.2, 0.25) is 0 Å². The van der Waals surface area contributed by atoms with E-state index in [0.29, 0.717) is 5.92 Å². The molecule has 0 bridgehead atoms. The van der Waals surface area contributed by atoms with E-state index in [9.17, 15) is 0 Å². The van der Waals surface area contributed by atoms with Gasteiger partial charge in [0.05, 0.1) is 0 Å². The average Bonchev–Trinajstić information content (AvgIpc) is 2.30. The maximum atomic E-state index is 6.30. The second-order valence-corrected chi connectivity index (χ2v) is 6.13. The fourth-order valence-corrected chi connectivity index (χ4v) is 2.87. The third-order valence-electron chi connectivity index (χ3n) is 3.25. The first-order chi connectivity index (χ1) is 7.66. The van der Waals surface area contributed by atoms with Gasteiger partial charge in [0, 0.05) is 47.0 Å². The molecular formula is C12H16ClIN2. The largest absolute Gasteiger partial charge is 0.324 e.